The van der Waals surface area contributed by atoms with Gasteiger partial charge in [0.2, 0.25) is 0 Å². The Hall–Kier alpha value is -11.2. The van der Waals surface area contributed by atoms with Crippen LogP contribution in [0.15, 0.2) is 254 Å². The molecule has 5 heterocycles. The SMILES string of the molecule is [2H]c1c([2H])c([2H])c2c(c1[2H])c1c([2H])c([2H])c([2H])c([2H])c1n2-c1c(C#N)c(-n2c3c([2H])c([2H])c([2H])c([2H])c3c3c([2H])c([2H])c([2H])c([2H])c32)c(-n2c3cc(-c4cccc5c4ccc4ccccc45)ccc3c3ccc4c5ccccc5sc4c32)c(C#N)c1-n1c2c([2H])c([2H])c([2H])c([2H])c2c2c([2H])c([2H])c([2H])c([2H])c21. The van der Waals surface area contributed by atoms with Crippen molar-refractivity contribution < 1.29 is 32.9 Å². The fourth-order valence-electron chi connectivity index (χ4n) is 12.7. The topological polar surface area (TPSA) is 67.3 Å². The maximum atomic E-state index is 13.4. The van der Waals surface area contributed by atoms with Crippen molar-refractivity contribution in [3.63, 3.8) is 0 Å². The fraction of sp³-hybridized carbons (Fsp3) is 0. The van der Waals surface area contributed by atoms with Crippen LogP contribution in [0.3, 0.4) is 0 Å². The predicted molar refractivity (Wildman–Crippen MR) is 347 cm³/mol. The van der Waals surface area contributed by atoms with Crippen molar-refractivity contribution in [1.82, 2.24) is 18.3 Å². The number of aromatic nitrogens is 4. The molecule has 0 aliphatic rings. The van der Waals surface area contributed by atoms with Gasteiger partial charge in [0.05, 0.1) is 104 Å². The van der Waals surface area contributed by atoms with E-state index in [9.17, 15) is 40.7 Å². The van der Waals surface area contributed by atoms with E-state index < -0.39 is 244 Å². The van der Waals surface area contributed by atoms with E-state index in [1.165, 1.54) is 11.3 Å². The summed E-state index contributed by atoms with van der Waals surface area (Å²) in [7, 11) is 0. The smallest absolute Gasteiger partial charge is 0.104 e. The normalized spacial score (nSPS) is 16.1. The minimum absolute atomic E-state index is 0.191. The molecule has 0 aliphatic carbocycles. The van der Waals surface area contributed by atoms with Crippen LogP contribution in [0.4, 0.5) is 0 Å². The quantitative estimate of drug-likeness (QED) is 0.161. The number of fused-ring (bicyclic) bond motifs is 19. The van der Waals surface area contributed by atoms with Gasteiger partial charge in [0.1, 0.15) is 23.3 Å². The highest BCUT2D eigenvalue weighted by Gasteiger charge is 2.35. The van der Waals surface area contributed by atoms with Crippen LogP contribution in [0.5, 0.6) is 0 Å². The van der Waals surface area contributed by atoms with E-state index >= 15 is 0 Å². The molecule has 0 unspecified atom stereocenters. The molecule has 0 saturated carbocycles. The Bertz CT molecular complexity index is 7250. The van der Waals surface area contributed by atoms with Crippen LogP contribution in [-0.2, 0) is 0 Å². The average molecular weight is 1100 g/mol. The summed E-state index contributed by atoms with van der Waals surface area (Å²) in [6, 6.07) is 16.8. The Morgan fingerprint density at radius 1 is 0.325 bits per heavy atom. The summed E-state index contributed by atoms with van der Waals surface area (Å²) in [4.78, 5) is 0. The van der Waals surface area contributed by atoms with Gasteiger partial charge in [-0.3, -0.25) is 0 Å². The third-order valence-corrected chi connectivity index (χ3v) is 17.2. The van der Waals surface area contributed by atoms with Crippen LogP contribution in [0.2, 0.25) is 0 Å². The summed E-state index contributed by atoms with van der Waals surface area (Å²) < 4.78 is 236. The number of thiophene rings is 1. The summed E-state index contributed by atoms with van der Waals surface area (Å²) >= 11 is 1.30. The molecule has 83 heavy (non-hydrogen) atoms. The van der Waals surface area contributed by atoms with Crippen molar-refractivity contribution >= 4 is 140 Å². The zero-order valence-corrected chi connectivity index (χ0v) is 43.3. The number of benzene rings is 13. The van der Waals surface area contributed by atoms with Crippen molar-refractivity contribution in [3.05, 3.63) is 265 Å². The second-order valence-electron chi connectivity index (χ2n) is 19.9. The molecule has 0 aliphatic heterocycles. The van der Waals surface area contributed by atoms with E-state index in [0.29, 0.717) is 32.0 Å². The highest BCUT2D eigenvalue weighted by Crippen LogP contribution is 2.51. The van der Waals surface area contributed by atoms with Crippen molar-refractivity contribution in [2.45, 2.75) is 0 Å². The van der Waals surface area contributed by atoms with Gasteiger partial charge in [0.25, 0.3) is 0 Å². The van der Waals surface area contributed by atoms with Gasteiger partial charge in [-0.05, 0) is 81.1 Å². The minimum Gasteiger partial charge on any atom is -0.306 e. The number of rotatable bonds is 5. The molecule has 0 bridgehead atoms. The van der Waals surface area contributed by atoms with E-state index in [1.807, 2.05) is 103 Å². The van der Waals surface area contributed by atoms with E-state index in [1.54, 1.807) is 10.6 Å². The summed E-state index contributed by atoms with van der Waals surface area (Å²) in [5, 5.41) is 29.1. The third-order valence-electron chi connectivity index (χ3n) is 16.0. The second kappa shape index (κ2) is 17.1. The average Bonchev–Trinajstić information content (AvgIpc) is 1.52. The molecule has 0 amide bonds. The van der Waals surface area contributed by atoms with Crippen LogP contribution in [-0.4, -0.2) is 18.3 Å². The lowest BCUT2D eigenvalue weighted by Crippen LogP contribution is -2.16. The highest BCUT2D eigenvalue weighted by atomic mass is 32.1. The van der Waals surface area contributed by atoms with E-state index in [2.05, 4.69) is 12.1 Å². The van der Waals surface area contributed by atoms with Crippen LogP contribution in [0.25, 0.3) is 163 Å². The zero-order chi connectivity index (χ0) is 75.5. The van der Waals surface area contributed by atoms with Gasteiger partial charge in [-0.25, -0.2) is 0 Å². The predicted octanol–water partition coefficient (Wildman–Crippen LogP) is 20.2. The van der Waals surface area contributed by atoms with Crippen molar-refractivity contribution in [2.24, 2.45) is 0 Å². The van der Waals surface area contributed by atoms with E-state index in [0.717, 1.165) is 45.3 Å². The summed E-state index contributed by atoms with van der Waals surface area (Å²) in [6.45, 7) is 0. The monoisotopic (exact) mass is 1090 g/mol. The molecule has 13 aromatic carbocycles. The Kier molecular flexibility index (Phi) is 5.84. The fourth-order valence-corrected chi connectivity index (χ4v) is 13.9. The maximum Gasteiger partial charge on any atom is 0.104 e. The molecular weight excluding hydrogens is 1030 g/mol. The van der Waals surface area contributed by atoms with Crippen molar-refractivity contribution in [2.75, 3.05) is 0 Å². The van der Waals surface area contributed by atoms with Crippen LogP contribution in [0, 0.1) is 22.7 Å². The second-order valence-corrected chi connectivity index (χ2v) is 21.0. The first-order valence-corrected chi connectivity index (χ1v) is 26.8. The first-order valence-electron chi connectivity index (χ1n) is 38.0. The van der Waals surface area contributed by atoms with E-state index in [-0.39, 0.29) is 11.0 Å². The molecule has 0 saturated heterocycles. The molecule has 0 N–H and O–H groups in total. The molecule has 6 nitrogen and oxygen atoms in total. The minimum atomic E-state index is -0.985. The molecule has 0 radical (unpaired) electrons. The lowest BCUT2D eigenvalue weighted by Gasteiger charge is -2.27. The first kappa shape index (κ1) is 28.3. The lowest BCUT2D eigenvalue weighted by molar-refractivity contribution is 1.03. The Morgan fingerprint density at radius 3 is 1.27 bits per heavy atom. The largest absolute Gasteiger partial charge is 0.306 e. The molecule has 0 atom stereocenters. The zero-order valence-electron chi connectivity index (χ0n) is 66.5. The summed E-state index contributed by atoms with van der Waals surface area (Å²) in [5.74, 6) is 0. The number of hydrogen-bond acceptors (Lipinski definition) is 3. The number of para-hydroxylation sites is 6. The molecule has 0 fully saturated rings. The molecular formula is C76H42N6S. The Labute approximate surface area is 511 Å². The van der Waals surface area contributed by atoms with Crippen molar-refractivity contribution in [3.8, 4) is 46.0 Å². The summed E-state index contributed by atoms with van der Waals surface area (Å²) in [6.07, 6.45) is 0. The standard InChI is InChI=1S/C76H42N6S/c77-43-61-71(79-63-29-10-3-20-51(63)52-21-4-11-30-64(52)79)72(80-65-31-12-5-22-53(65)54-23-6-13-32-66(54)80)62(44-78)74(73(61)81-67-33-14-7-24-55(67)56-25-8-15-34-68(56)81)82-69-42-46(48-27-17-28-49-47-19-2-1-18-45(47)36-38-50(48)49)37-39-57(69)59-40-41-60-58-26-9-16-35-70(58)83-76(60)75(59)82/h1-42H/i3D,4D,5D,6D,7D,8D,10D,11D,12D,13D,14D,15D,20D,21D,22D,23D,24D,25D,29D,30D,31D,32D,33D,34D. The van der Waals surface area contributed by atoms with Crippen LogP contribution < -0.4 is 0 Å². The lowest BCUT2D eigenvalue weighted by atomic mass is 9.94. The molecule has 0 spiro atoms. The number of nitrogens with zero attached hydrogens (tertiary/aromatic N) is 6. The molecule has 382 valence electrons. The van der Waals surface area contributed by atoms with Gasteiger partial charge < -0.3 is 18.3 Å². The Balaban J connectivity index is 1.24. The highest BCUT2D eigenvalue weighted by molar-refractivity contribution is 7.26. The van der Waals surface area contributed by atoms with Crippen molar-refractivity contribution in [1.29, 1.82) is 10.5 Å². The maximum absolute atomic E-state index is 13.4. The van der Waals surface area contributed by atoms with Gasteiger partial charge in [0, 0.05) is 58.6 Å². The Morgan fingerprint density at radius 2 is 0.747 bits per heavy atom. The van der Waals surface area contributed by atoms with Gasteiger partial charge in [0.15, 0.2) is 0 Å². The van der Waals surface area contributed by atoms with Gasteiger partial charge >= 0.3 is 0 Å². The molecule has 18 rings (SSSR count). The molecule has 5 aromatic heterocycles. The first-order chi connectivity index (χ1) is 51.1. The van der Waals surface area contributed by atoms with E-state index in [4.69, 9.17) is 2.74 Å². The summed E-state index contributed by atoms with van der Waals surface area (Å²) in [5.41, 5.74) is -7.16. The van der Waals surface area contributed by atoms with Gasteiger partial charge in [-0.15, -0.1) is 11.3 Å². The molecule has 18 aromatic rings. The molecule has 7 heteroatoms. The van der Waals surface area contributed by atoms with Gasteiger partial charge in [-0.2, -0.15) is 10.5 Å². The van der Waals surface area contributed by atoms with Crippen LogP contribution in [0.1, 0.15) is 44.0 Å². The van der Waals surface area contributed by atoms with Gasteiger partial charge in [-0.1, -0.05) is 206 Å². The number of nitriles is 2. The van der Waals surface area contributed by atoms with Crippen LogP contribution >= 0.6 is 11.3 Å². The number of hydrogen-bond donors (Lipinski definition) is 0. The third kappa shape index (κ3) is 6.13.